The lowest BCUT2D eigenvalue weighted by Crippen LogP contribution is -2.56. The minimum absolute atomic E-state index is 0.252. The van der Waals surface area contributed by atoms with Crippen molar-refractivity contribution in [1.29, 1.82) is 0 Å². The van der Waals surface area contributed by atoms with Crippen molar-refractivity contribution < 1.29 is 27.1 Å². The highest BCUT2D eigenvalue weighted by Gasteiger charge is 2.67. The van der Waals surface area contributed by atoms with Gasteiger partial charge in [-0.3, -0.25) is 0 Å². The minimum Gasteiger partial charge on any atom is -0.375 e. The molecule has 13 heavy (non-hydrogen) atoms. The van der Waals surface area contributed by atoms with E-state index >= 15 is 0 Å². The summed E-state index contributed by atoms with van der Waals surface area (Å²) in [5, 5.41) is 3.97. The second-order valence-corrected chi connectivity index (χ2v) is 3.08. The molecule has 0 saturated heterocycles. The van der Waals surface area contributed by atoms with Gasteiger partial charge in [0, 0.05) is 0 Å². The SMILES string of the molecule is CCCC(O)(C(F)(F)F)C(F)(F)Cl. The molecule has 1 unspecified atom stereocenters. The third kappa shape index (κ3) is 2.43. The first-order valence-corrected chi connectivity index (χ1v) is 3.80. The quantitative estimate of drug-likeness (QED) is 0.580. The van der Waals surface area contributed by atoms with E-state index in [-0.39, 0.29) is 6.42 Å². The van der Waals surface area contributed by atoms with E-state index in [0.717, 1.165) is 0 Å². The van der Waals surface area contributed by atoms with Gasteiger partial charge in [0.2, 0.25) is 5.60 Å². The molecule has 1 atom stereocenters. The lowest BCUT2D eigenvalue weighted by Gasteiger charge is -2.33. The van der Waals surface area contributed by atoms with Gasteiger partial charge >= 0.3 is 11.6 Å². The molecule has 0 spiro atoms. The minimum atomic E-state index is -5.44. The Balaban J connectivity index is 4.96. The van der Waals surface area contributed by atoms with Crippen LogP contribution in [0.25, 0.3) is 0 Å². The first kappa shape index (κ1) is 12.9. The molecule has 0 heterocycles. The van der Waals surface area contributed by atoms with Crippen molar-refractivity contribution in [3.05, 3.63) is 0 Å². The Morgan fingerprint density at radius 3 is 1.62 bits per heavy atom. The van der Waals surface area contributed by atoms with E-state index in [4.69, 9.17) is 5.11 Å². The van der Waals surface area contributed by atoms with Gasteiger partial charge in [0.05, 0.1) is 0 Å². The summed E-state index contributed by atoms with van der Waals surface area (Å²) in [6.45, 7) is 1.24. The zero-order valence-corrected chi connectivity index (χ0v) is 7.39. The van der Waals surface area contributed by atoms with Crippen LogP contribution in [0.2, 0.25) is 0 Å². The van der Waals surface area contributed by atoms with Crippen LogP contribution in [0.3, 0.4) is 0 Å². The highest BCUT2D eigenvalue weighted by atomic mass is 35.5. The van der Waals surface area contributed by atoms with Crippen LogP contribution in [0.15, 0.2) is 0 Å². The van der Waals surface area contributed by atoms with E-state index in [1.807, 2.05) is 0 Å². The topological polar surface area (TPSA) is 20.2 Å². The maximum absolute atomic E-state index is 12.2. The standard InChI is InChI=1S/C6H8ClF5O/c1-2-3-4(13,5(7,8)9)6(10,11)12/h13H,2-3H2,1H3. The summed E-state index contributed by atoms with van der Waals surface area (Å²) in [4.78, 5) is 0. The van der Waals surface area contributed by atoms with Gasteiger partial charge in [-0.15, -0.1) is 0 Å². The summed E-state index contributed by atoms with van der Waals surface area (Å²) in [5.41, 5.74) is -4.14. The zero-order chi connectivity index (χ0) is 10.9. The molecule has 0 radical (unpaired) electrons. The van der Waals surface area contributed by atoms with Gasteiger partial charge in [0.1, 0.15) is 0 Å². The lowest BCUT2D eigenvalue weighted by atomic mass is 9.98. The maximum atomic E-state index is 12.2. The summed E-state index contributed by atoms with van der Waals surface area (Å²) >= 11 is 4.20. The molecule has 0 aliphatic rings. The van der Waals surface area contributed by atoms with Gasteiger partial charge in [0.25, 0.3) is 0 Å². The van der Waals surface area contributed by atoms with Gasteiger partial charge in [-0.05, 0) is 18.0 Å². The number of halogens is 6. The molecule has 0 fully saturated rings. The molecule has 0 aromatic heterocycles. The Bertz CT molecular complexity index is 159. The number of aliphatic hydroxyl groups is 1. The molecule has 80 valence electrons. The summed E-state index contributed by atoms with van der Waals surface area (Å²) in [6, 6.07) is 0. The Kier molecular flexibility index (Phi) is 3.54. The number of alkyl halides is 6. The molecule has 1 N–H and O–H groups in total. The molecule has 0 saturated carbocycles. The normalized spacial score (nSPS) is 18.5. The monoisotopic (exact) mass is 226 g/mol. The van der Waals surface area contributed by atoms with E-state index in [1.165, 1.54) is 6.92 Å². The molecular formula is C6H8ClF5O. The Morgan fingerprint density at radius 2 is 1.54 bits per heavy atom. The summed E-state index contributed by atoms with van der Waals surface area (Å²) in [6.07, 6.45) is -6.82. The van der Waals surface area contributed by atoms with E-state index in [2.05, 4.69) is 11.6 Å². The van der Waals surface area contributed by atoms with E-state index < -0.39 is 23.6 Å². The van der Waals surface area contributed by atoms with Crippen LogP contribution < -0.4 is 0 Å². The van der Waals surface area contributed by atoms with Crippen LogP contribution in [0.5, 0.6) is 0 Å². The van der Waals surface area contributed by atoms with Gasteiger partial charge in [-0.25, -0.2) is 0 Å². The summed E-state index contributed by atoms with van der Waals surface area (Å²) in [5.74, 6) is 0. The van der Waals surface area contributed by atoms with E-state index in [0.29, 0.717) is 0 Å². The van der Waals surface area contributed by atoms with Crippen LogP contribution in [0.4, 0.5) is 22.0 Å². The summed E-state index contributed by atoms with van der Waals surface area (Å²) in [7, 11) is 0. The maximum Gasteiger partial charge on any atom is 0.424 e. The molecule has 0 amide bonds. The van der Waals surface area contributed by atoms with Crippen molar-refractivity contribution in [1.82, 2.24) is 0 Å². The van der Waals surface area contributed by atoms with Crippen molar-refractivity contribution in [3.63, 3.8) is 0 Å². The predicted molar refractivity (Wildman–Crippen MR) is 36.7 cm³/mol. The molecule has 1 nitrogen and oxygen atoms in total. The molecule has 0 aliphatic carbocycles. The molecule has 0 aromatic carbocycles. The van der Waals surface area contributed by atoms with Gasteiger partial charge in [0.15, 0.2) is 0 Å². The molecule has 0 aromatic rings. The fourth-order valence-electron chi connectivity index (χ4n) is 0.806. The second kappa shape index (κ2) is 3.57. The van der Waals surface area contributed by atoms with Crippen LogP contribution in [0.1, 0.15) is 19.8 Å². The smallest absolute Gasteiger partial charge is 0.375 e. The summed E-state index contributed by atoms with van der Waals surface area (Å²) < 4.78 is 60.4. The lowest BCUT2D eigenvalue weighted by molar-refractivity contribution is -0.312. The third-order valence-electron chi connectivity index (χ3n) is 1.55. The van der Waals surface area contributed by atoms with Crippen molar-refractivity contribution in [2.75, 3.05) is 0 Å². The van der Waals surface area contributed by atoms with E-state index in [9.17, 15) is 22.0 Å². The average Bonchev–Trinajstić information content (AvgIpc) is 1.82. The van der Waals surface area contributed by atoms with Crippen molar-refractivity contribution in [2.45, 2.75) is 36.9 Å². The Labute approximate surface area is 76.5 Å². The molecule has 0 aliphatic heterocycles. The zero-order valence-electron chi connectivity index (χ0n) is 6.63. The van der Waals surface area contributed by atoms with Crippen LogP contribution in [-0.2, 0) is 0 Å². The van der Waals surface area contributed by atoms with Gasteiger partial charge < -0.3 is 5.11 Å². The highest BCUT2D eigenvalue weighted by Crippen LogP contribution is 2.46. The van der Waals surface area contributed by atoms with Gasteiger partial charge in [-0.2, -0.15) is 22.0 Å². The molecule has 7 heteroatoms. The average molecular weight is 227 g/mol. The Morgan fingerprint density at radius 1 is 1.15 bits per heavy atom. The largest absolute Gasteiger partial charge is 0.424 e. The Hall–Kier alpha value is -0.100. The van der Waals surface area contributed by atoms with Crippen LogP contribution >= 0.6 is 11.6 Å². The first-order valence-electron chi connectivity index (χ1n) is 3.42. The third-order valence-corrected chi connectivity index (χ3v) is 1.86. The highest BCUT2D eigenvalue weighted by molar-refractivity contribution is 6.22. The fourth-order valence-corrected chi connectivity index (χ4v) is 1.01. The predicted octanol–water partition coefficient (Wildman–Crippen LogP) is 2.91. The van der Waals surface area contributed by atoms with Crippen LogP contribution in [0, 0.1) is 0 Å². The van der Waals surface area contributed by atoms with Gasteiger partial charge in [-0.1, -0.05) is 13.3 Å². The second-order valence-electron chi connectivity index (χ2n) is 2.61. The molecular weight excluding hydrogens is 219 g/mol. The molecule has 0 bridgehead atoms. The van der Waals surface area contributed by atoms with E-state index in [1.54, 1.807) is 0 Å². The van der Waals surface area contributed by atoms with Crippen LogP contribution in [-0.4, -0.2) is 22.3 Å². The van der Waals surface area contributed by atoms with Crippen molar-refractivity contribution in [3.8, 4) is 0 Å². The van der Waals surface area contributed by atoms with Crippen molar-refractivity contribution >= 4 is 11.6 Å². The number of hydrogen-bond donors (Lipinski definition) is 1. The molecule has 0 rings (SSSR count). The fraction of sp³-hybridized carbons (Fsp3) is 1.00. The van der Waals surface area contributed by atoms with Crippen molar-refractivity contribution in [2.24, 2.45) is 0 Å². The number of hydrogen-bond acceptors (Lipinski definition) is 1. The number of rotatable bonds is 3. The first-order chi connectivity index (χ1) is 5.56.